The van der Waals surface area contributed by atoms with Crippen LogP contribution in [0.5, 0.6) is 11.5 Å². The van der Waals surface area contributed by atoms with Gasteiger partial charge in [-0.3, -0.25) is 4.79 Å². The van der Waals surface area contributed by atoms with Gasteiger partial charge in [0.25, 0.3) is 0 Å². The summed E-state index contributed by atoms with van der Waals surface area (Å²) in [5.74, 6) is 1.53. The molecule has 0 radical (unpaired) electrons. The third kappa shape index (κ3) is 4.24. The summed E-state index contributed by atoms with van der Waals surface area (Å²) in [5, 5.41) is 3.11. The Kier molecular flexibility index (Phi) is 5.83. The van der Waals surface area contributed by atoms with Crippen LogP contribution in [0.4, 0.5) is 5.69 Å². The van der Waals surface area contributed by atoms with Crippen LogP contribution in [0.15, 0.2) is 46.9 Å². The standard InChI is InChI=1S/C17H18BrNO3/c1-3-22-14-7-5-13(6-8-14)19-11-16(20)12-4-9-17(21-2)15(18)10-12/h4-10,19H,3,11H2,1-2H3. The van der Waals surface area contributed by atoms with Crippen molar-refractivity contribution in [3.8, 4) is 11.5 Å². The molecule has 0 unspecified atom stereocenters. The number of rotatable bonds is 7. The quantitative estimate of drug-likeness (QED) is 0.750. The van der Waals surface area contributed by atoms with E-state index >= 15 is 0 Å². The minimum absolute atomic E-state index is 0.0113. The number of hydrogen-bond donors (Lipinski definition) is 1. The summed E-state index contributed by atoms with van der Waals surface area (Å²) in [7, 11) is 1.59. The van der Waals surface area contributed by atoms with Crippen molar-refractivity contribution in [2.75, 3.05) is 25.6 Å². The van der Waals surface area contributed by atoms with Gasteiger partial charge in [0.15, 0.2) is 5.78 Å². The Labute approximate surface area is 138 Å². The topological polar surface area (TPSA) is 47.6 Å². The molecule has 0 atom stereocenters. The summed E-state index contributed by atoms with van der Waals surface area (Å²) in [6.07, 6.45) is 0. The van der Waals surface area contributed by atoms with Crippen molar-refractivity contribution < 1.29 is 14.3 Å². The van der Waals surface area contributed by atoms with Crippen molar-refractivity contribution in [3.05, 3.63) is 52.5 Å². The fraction of sp³-hybridized carbons (Fsp3) is 0.235. The molecular weight excluding hydrogens is 346 g/mol. The number of Topliss-reactive ketones (excluding diaryl/α,β-unsaturated/α-hetero) is 1. The number of carbonyl (C=O) groups excluding carboxylic acids is 1. The average Bonchev–Trinajstić information content (AvgIpc) is 2.54. The maximum Gasteiger partial charge on any atom is 0.181 e. The first-order valence-corrected chi connectivity index (χ1v) is 7.76. The van der Waals surface area contributed by atoms with E-state index in [9.17, 15) is 4.79 Å². The van der Waals surface area contributed by atoms with Crippen LogP contribution in [0.2, 0.25) is 0 Å². The van der Waals surface area contributed by atoms with Crippen molar-refractivity contribution in [2.45, 2.75) is 6.92 Å². The number of ketones is 1. The first-order chi connectivity index (χ1) is 10.6. The molecule has 0 saturated heterocycles. The summed E-state index contributed by atoms with van der Waals surface area (Å²) < 4.78 is 11.3. The van der Waals surface area contributed by atoms with Crippen LogP contribution >= 0.6 is 15.9 Å². The van der Waals surface area contributed by atoms with Crippen LogP contribution in [0.25, 0.3) is 0 Å². The van der Waals surface area contributed by atoms with E-state index in [4.69, 9.17) is 9.47 Å². The van der Waals surface area contributed by atoms with Crippen molar-refractivity contribution in [2.24, 2.45) is 0 Å². The van der Waals surface area contributed by atoms with E-state index < -0.39 is 0 Å². The third-order valence-corrected chi connectivity index (χ3v) is 3.71. The van der Waals surface area contributed by atoms with Crippen LogP contribution in [0, 0.1) is 0 Å². The number of anilines is 1. The van der Waals surface area contributed by atoms with Gasteiger partial charge in [-0.25, -0.2) is 0 Å². The molecule has 0 fully saturated rings. The Morgan fingerprint density at radius 1 is 1.18 bits per heavy atom. The zero-order chi connectivity index (χ0) is 15.9. The average molecular weight is 364 g/mol. The van der Waals surface area contributed by atoms with Gasteiger partial charge in [0.1, 0.15) is 11.5 Å². The molecule has 0 aliphatic heterocycles. The molecule has 0 amide bonds. The zero-order valence-electron chi connectivity index (χ0n) is 12.6. The molecule has 2 aromatic carbocycles. The molecule has 4 nitrogen and oxygen atoms in total. The van der Waals surface area contributed by atoms with E-state index in [-0.39, 0.29) is 12.3 Å². The minimum Gasteiger partial charge on any atom is -0.496 e. The fourth-order valence-electron chi connectivity index (χ4n) is 1.96. The van der Waals surface area contributed by atoms with Gasteiger partial charge in [0.2, 0.25) is 0 Å². The van der Waals surface area contributed by atoms with Gasteiger partial charge < -0.3 is 14.8 Å². The highest BCUT2D eigenvalue weighted by Gasteiger charge is 2.09. The van der Waals surface area contributed by atoms with Crippen LogP contribution in [-0.2, 0) is 0 Å². The number of carbonyl (C=O) groups is 1. The third-order valence-electron chi connectivity index (χ3n) is 3.09. The Morgan fingerprint density at radius 3 is 2.50 bits per heavy atom. The van der Waals surface area contributed by atoms with Gasteiger partial charge in [-0.1, -0.05) is 0 Å². The Balaban J connectivity index is 1.96. The smallest absolute Gasteiger partial charge is 0.181 e. The summed E-state index contributed by atoms with van der Waals surface area (Å²) in [5.41, 5.74) is 1.51. The van der Waals surface area contributed by atoms with E-state index in [2.05, 4.69) is 21.2 Å². The highest BCUT2D eigenvalue weighted by atomic mass is 79.9. The number of hydrogen-bond acceptors (Lipinski definition) is 4. The second-order valence-corrected chi connectivity index (χ2v) is 5.44. The Morgan fingerprint density at radius 2 is 1.91 bits per heavy atom. The normalized spacial score (nSPS) is 10.1. The molecule has 0 aromatic heterocycles. The molecule has 2 rings (SSSR count). The molecule has 5 heteroatoms. The SMILES string of the molecule is CCOc1ccc(NCC(=O)c2ccc(OC)c(Br)c2)cc1. The zero-order valence-corrected chi connectivity index (χ0v) is 14.1. The maximum atomic E-state index is 12.2. The molecule has 22 heavy (non-hydrogen) atoms. The van der Waals surface area contributed by atoms with Gasteiger partial charge in [-0.05, 0) is 65.3 Å². The number of nitrogens with one attached hydrogen (secondary N) is 1. The van der Waals surface area contributed by atoms with Crippen molar-refractivity contribution >= 4 is 27.4 Å². The fourth-order valence-corrected chi connectivity index (χ4v) is 2.50. The minimum atomic E-state index is 0.0113. The van der Waals surface area contributed by atoms with E-state index in [1.807, 2.05) is 31.2 Å². The number of halogens is 1. The summed E-state index contributed by atoms with van der Waals surface area (Å²) in [6, 6.07) is 12.8. The van der Waals surface area contributed by atoms with E-state index in [0.717, 1.165) is 15.9 Å². The highest BCUT2D eigenvalue weighted by Crippen LogP contribution is 2.25. The maximum absolute atomic E-state index is 12.2. The number of ether oxygens (including phenoxy) is 2. The lowest BCUT2D eigenvalue weighted by Crippen LogP contribution is -2.14. The van der Waals surface area contributed by atoms with Gasteiger partial charge in [-0.2, -0.15) is 0 Å². The van der Waals surface area contributed by atoms with Crippen molar-refractivity contribution in [1.29, 1.82) is 0 Å². The molecule has 116 valence electrons. The summed E-state index contributed by atoms with van der Waals surface area (Å²) in [4.78, 5) is 12.2. The number of benzene rings is 2. The predicted octanol–water partition coefficient (Wildman–Crippen LogP) is 4.15. The van der Waals surface area contributed by atoms with Gasteiger partial charge in [0.05, 0.1) is 24.7 Å². The second kappa shape index (κ2) is 7.84. The molecule has 0 saturated carbocycles. The molecular formula is C17H18BrNO3. The van der Waals surface area contributed by atoms with Crippen LogP contribution in [0.3, 0.4) is 0 Å². The monoisotopic (exact) mass is 363 g/mol. The predicted molar refractivity (Wildman–Crippen MR) is 91.1 cm³/mol. The van der Waals surface area contributed by atoms with Gasteiger partial charge in [-0.15, -0.1) is 0 Å². The Bertz CT molecular complexity index is 641. The first-order valence-electron chi connectivity index (χ1n) is 6.97. The molecule has 0 aliphatic carbocycles. The summed E-state index contributed by atoms with van der Waals surface area (Å²) in [6.45, 7) is 2.81. The largest absolute Gasteiger partial charge is 0.496 e. The lowest BCUT2D eigenvalue weighted by atomic mass is 10.1. The molecule has 0 bridgehead atoms. The van der Waals surface area contributed by atoms with Crippen LogP contribution in [0.1, 0.15) is 17.3 Å². The lowest BCUT2D eigenvalue weighted by Gasteiger charge is -2.09. The van der Waals surface area contributed by atoms with Gasteiger partial charge >= 0.3 is 0 Å². The molecule has 0 heterocycles. The van der Waals surface area contributed by atoms with Crippen LogP contribution < -0.4 is 14.8 Å². The lowest BCUT2D eigenvalue weighted by molar-refractivity contribution is 0.101. The first kappa shape index (κ1) is 16.4. The van der Waals surface area contributed by atoms with Crippen molar-refractivity contribution in [3.63, 3.8) is 0 Å². The summed E-state index contributed by atoms with van der Waals surface area (Å²) >= 11 is 3.38. The second-order valence-electron chi connectivity index (χ2n) is 4.58. The highest BCUT2D eigenvalue weighted by molar-refractivity contribution is 9.10. The van der Waals surface area contributed by atoms with E-state index in [0.29, 0.717) is 17.9 Å². The molecule has 1 N–H and O–H groups in total. The van der Waals surface area contributed by atoms with Crippen LogP contribution in [-0.4, -0.2) is 26.0 Å². The molecule has 2 aromatic rings. The van der Waals surface area contributed by atoms with Crippen molar-refractivity contribution in [1.82, 2.24) is 0 Å². The van der Waals surface area contributed by atoms with E-state index in [1.54, 1.807) is 25.3 Å². The molecule has 0 spiro atoms. The molecule has 0 aliphatic rings. The Hall–Kier alpha value is -2.01. The number of methoxy groups -OCH3 is 1. The van der Waals surface area contributed by atoms with Gasteiger partial charge in [0, 0.05) is 11.3 Å². The van der Waals surface area contributed by atoms with E-state index in [1.165, 1.54) is 0 Å².